The quantitative estimate of drug-likeness (QED) is 0.905. The lowest BCUT2D eigenvalue weighted by Gasteiger charge is -2.21. The Labute approximate surface area is 115 Å². The fraction of sp³-hybridized carbons (Fsp3) is 0.353. The van der Waals surface area contributed by atoms with E-state index in [1.807, 2.05) is 19.4 Å². The minimum atomic E-state index is 0.382. The minimum absolute atomic E-state index is 0.382. The van der Waals surface area contributed by atoms with E-state index in [0.29, 0.717) is 5.92 Å². The van der Waals surface area contributed by atoms with E-state index in [9.17, 15) is 0 Å². The molecular formula is C17H22N2. The Morgan fingerprint density at radius 3 is 2.26 bits per heavy atom. The molecule has 0 saturated heterocycles. The molecule has 2 nitrogen and oxygen atoms in total. The third kappa shape index (κ3) is 3.02. The molecule has 1 unspecified atom stereocenters. The van der Waals surface area contributed by atoms with Gasteiger partial charge in [0.25, 0.3) is 0 Å². The first-order valence-corrected chi connectivity index (χ1v) is 6.75. The molecule has 0 amide bonds. The van der Waals surface area contributed by atoms with Crippen LogP contribution in [0.25, 0.3) is 0 Å². The first-order chi connectivity index (χ1) is 9.13. The van der Waals surface area contributed by atoms with Gasteiger partial charge in [-0.2, -0.15) is 0 Å². The molecule has 1 N–H and O–H groups in total. The lowest BCUT2D eigenvalue weighted by atomic mass is 9.87. The van der Waals surface area contributed by atoms with Crippen LogP contribution in [0, 0.1) is 20.8 Å². The highest BCUT2D eigenvalue weighted by Crippen LogP contribution is 2.28. The zero-order chi connectivity index (χ0) is 13.8. The van der Waals surface area contributed by atoms with Crippen LogP contribution in [0.3, 0.4) is 0 Å². The zero-order valence-electron chi connectivity index (χ0n) is 12.2. The fourth-order valence-corrected chi connectivity index (χ4v) is 2.57. The van der Waals surface area contributed by atoms with Gasteiger partial charge in [-0.25, -0.2) is 0 Å². The highest BCUT2D eigenvalue weighted by atomic mass is 14.8. The number of nitrogens with one attached hydrogen (secondary N) is 1. The SMILES string of the molecule is CNCC(c1ccncc1)c1cc(C)c(C)cc1C. The van der Waals surface area contributed by atoms with Crippen LogP contribution in [0.4, 0.5) is 0 Å². The summed E-state index contributed by atoms with van der Waals surface area (Å²) >= 11 is 0. The third-order valence-corrected chi connectivity index (χ3v) is 3.77. The van der Waals surface area contributed by atoms with E-state index in [2.05, 4.69) is 55.3 Å². The molecule has 0 bridgehead atoms. The van der Waals surface area contributed by atoms with E-state index in [-0.39, 0.29) is 0 Å². The average Bonchev–Trinajstić information content (AvgIpc) is 2.42. The van der Waals surface area contributed by atoms with E-state index in [1.54, 1.807) is 0 Å². The van der Waals surface area contributed by atoms with Gasteiger partial charge in [0, 0.05) is 24.9 Å². The van der Waals surface area contributed by atoms with Gasteiger partial charge in [-0.3, -0.25) is 4.98 Å². The van der Waals surface area contributed by atoms with E-state index >= 15 is 0 Å². The van der Waals surface area contributed by atoms with Crippen molar-refractivity contribution in [3.63, 3.8) is 0 Å². The van der Waals surface area contributed by atoms with Crippen LogP contribution in [-0.4, -0.2) is 18.6 Å². The summed E-state index contributed by atoms with van der Waals surface area (Å²) in [6.45, 7) is 7.49. The van der Waals surface area contributed by atoms with Crippen molar-refractivity contribution < 1.29 is 0 Å². The maximum absolute atomic E-state index is 4.12. The molecule has 1 aromatic carbocycles. The van der Waals surface area contributed by atoms with E-state index in [1.165, 1.54) is 27.8 Å². The first-order valence-electron chi connectivity index (χ1n) is 6.75. The number of likely N-dealkylation sites (N-methyl/N-ethyl adjacent to an activating group) is 1. The topological polar surface area (TPSA) is 24.9 Å². The van der Waals surface area contributed by atoms with Crippen molar-refractivity contribution >= 4 is 0 Å². The molecule has 19 heavy (non-hydrogen) atoms. The van der Waals surface area contributed by atoms with Crippen LogP contribution in [0.5, 0.6) is 0 Å². The van der Waals surface area contributed by atoms with Gasteiger partial charge in [0.05, 0.1) is 0 Å². The Morgan fingerprint density at radius 1 is 1.00 bits per heavy atom. The van der Waals surface area contributed by atoms with Crippen molar-refractivity contribution in [1.82, 2.24) is 10.3 Å². The van der Waals surface area contributed by atoms with Crippen LogP contribution >= 0.6 is 0 Å². The van der Waals surface area contributed by atoms with Gasteiger partial charge in [0.15, 0.2) is 0 Å². The molecule has 0 radical (unpaired) electrons. The van der Waals surface area contributed by atoms with Crippen molar-refractivity contribution in [2.45, 2.75) is 26.7 Å². The number of benzene rings is 1. The maximum atomic E-state index is 4.12. The van der Waals surface area contributed by atoms with Crippen molar-refractivity contribution in [3.05, 3.63) is 64.5 Å². The molecule has 1 atom stereocenters. The summed E-state index contributed by atoms with van der Waals surface area (Å²) in [5.41, 5.74) is 6.80. The van der Waals surface area contributed by atoms with Gasteiger partial charge >= 0.3 is 0 Å². The summed E-state index contributed by atoms with van der Waals surface area (Å²) in [7, 11) is 2.00. The Bertz CT molecular complexity index is 547. The standard InChI is InChI=1S/C17H22N2/c1-12-9-14(3)16(10-13(12)2)17(11-18-4)15-5-7-19-8-6-15/h5-10,17-18H,11H2,1-4H3. The summed E-state index contributed by atoms with van der Waals surface area (Å²) < 4.78 is 0. The van der Waals surface area contributed by atoms with Gasteiger partial charge < -0.3 is 5.32 Å². The van der Waals surface area contributed by atoms with Crippen LogP contribution in [0.2, 0.25) is 0 Å². The Morgan fingerprint density at radius 2 is 1.63 bits per heavy atom. The largest absolute Gasteiger partial charge is 0.319 e. The molecule has 0 aliphatic heterocycles. The molecule has 1 aromatic heterocycles. The van der Waals surface area contributed by atoms with Crippen molar-refractivity contribution in [2.75, 3.05) is 13.6 Å². The van der Waals surface area contributed by atoms with Gasteiger partial charge in [0.2, 0.25) is 0 Å². The maximum Gasteiger partial charge on any atom is 0.0270 e. The number of pyridine rings is 1. The molecule has 1 heterocycles. The Hall–Kier alpha value is -1.67. The van der Waals surface area contributed by atoms with Gasteiger partial charge in [0.1, 0.15) is 0 Å². The minimum Gasteiger partial charge on any atom is -0.319 e. The zero-order valence-corrected chi connectivity index (χ0v) is 12.2. The highest BCUT2D eigenvalue weighted by Gasteiger charge is 2.16. The predicted molar refractivity (Wildman–Crippen MR) is 80.7 cm³/mol. The van der Waals surface area contributed by atoms with Crippen LogP contribution in [0.15, 0.2) is 36.7 Å². The fourth-order valence-electron chi connectivity index (χ4n) is 2.57. The molecule has 100 valence electrons. The highest BCUT2D eigenvalue weighted by molar-refractivity contribution is 5.42. The third-order valence-electron chi connectivity index (χ3n) is 3.77. The smallest absolute Gasteiger partial charge is 0.0270 e. The van der Waals surface area contributed by atoms with Crippen molar-refractivity contribution in [2.24, 2.45) is 0 Å². The summed E-state index contributed by atoms with van der Waals surface area (Å²) in [6, 6.07) is 8.83. The number of nitrogens with zero attached hydrogens (tertiary/aromatic N) is 1. The van der Waals surface area contributed by atoms with E-state index in [0.717, 1.165) is 6.54 Å². The van der Waals surface area contributed by atoms with Gasteiger partial charge in [-0.05, 0) is 67.8 Å². The summed E-state index contributed by atoms with van der Waals surface area (Å²) in [4.78, 5) is 4.12. The number of hydrogen-bond donors (Lipinski definition) is 1. The number of aryl methyl sites for hydroxylation is 3. The molecule has 0 aliphatic rings. The molecular weight excluding hydrogens is 232 g/mol. The van der Waals surface area contributed by atoms with Gasteiger partial charge in [-0.1, -0.05) is 12.1 Å². The average molecular weight is 254 g/mol. The summed E-state index contributed by atoms with van der Waals surface area (Å²) in [5, 5.41) is 3.31. The molecule has 0 spiro atoms. The first kappa shape index (κ1) is 13.8. The second kappa shape index (κ2) is 5.98. The second-order valence-electron chi connectivity index (χ2n) is 5.18. The number of aromatic nitrogens is 1. The molecule has 0 aliphatic carbocycles. The Balaban J connectivity index is 2.48. The molecule has 2 rings (SSSR count). The summed E-state index contributed by atoms with van der Waals surface area (Å²) in [6.07, 6.45) is 3.74. The molecule has 0 saturated carbocycles. The Kier molecular flexibility index (Phi) is 4.33. The second-order valence-corrected chi connectivity index (χ2v) is 5.18. The normalized spacial score (nSPS) is 12.4. The lowest BCUT2D eigenvalue weighted by Crippen LogP contribution is -2.19. The monoisotopic (exact) mass is 254 g/mol. The molecule has 2 aromatic rings. The van der Waals surface area contributed by atoms with Gasteiger partial charge in [-0.15, -0.1) is 0 Å². The van der Waals surface area contributed by atoms with Crippen LogP contribution in [-0.2, 0) is 0 Å². The predicted octanol–water partition coefficient (Wildman–Crippen LogP) is 3.36. The van der Waals surface area contributed by atoms with Crippen molar-refractivity contribution in [3.8, 4) is 0 Å². The lowest BCUT2D eigenvalue weighted by molar-refractivity contribution is 0.703. The van der Waals surface area contributed by atoms with Crippen LogP contribution in [0.1, 0.15) is 33.7 Å². The number of hydrogen-bond acceptors (Lipinski definition) is 2. The van der Waals surface area contributed by atoms with Crippen molar-refractivity contribution in [1.29, 1.82) is 0 Å². The molecule has 2 heteroatoms. The summed E-state index contributed by atoms with van der Waals surface area (Å²) in [5.74, 6) is 0.382. The van der Waals surface area contributed by atoms with Crippen LogP contribution < -0.4 is 5.32 Å². The van der Waals surface area contributed by atoms with E-state index in [4.69, 9.17) is 0 Å². The number of rotatable bonds is 4. The van der Waals surface area contributed by atoms with E-state index < -0.39 is 0 Å². The molecule has 0 fully saturated rings.